The van der Waals surface area contributed by atoms with Crippen molar-refractivity contribution in [3.63, 3.8) is 0 Å². The second-order valence-corrected chi connectivity index (χ2v) is 8.31. The van der Waals surface area contributed by atoms with Crippen molar-refractivity contribution in [3.05, 3.63) is 29.8 Å². The minimum Gasteiger partial charge on any atom is -0.491 e. The van der Waals surface area contributed by atoms with E-state index in [0.717, 1.165) is 6.42 Å². The molecule has 1 fully saturated rings. The Kier molecular flexibility index (Phi) is 7.50. The van der Waals surface area contributed by atoms with Gasteiger partial charge in [0.15, 0.2) is 0 Å². The fraction of sp³-hybridized carbons (Fsp3) is 0.636. The third-order valence-electron chi connectivity index (χ3n) is 5.43. The summed E-state index contributed by atoms with van der Waals surface area (Å²) in [6, 6.07) is 6.81. The summed E-state index contributed by atoms with van der Waals surface area (Å²) in [5.74, 6) is 0.810. The lowest BCUT2D eigenvalue weighted by molar-refractivity contribution is -0.146. The standard InChI is InChI=1S/C22H32N2O5/c1-15(2)8-10-28-20-7-4-9-23-21(26)16-5-3-6-19(11-16)29-14-17-12-18(25)13-24(17)22(20)27/h3,5-6,11,15,17-18,20,25H,4,7-10,12-14H2,1-2H3,(H,23,26)/t17-,18-,20-/m0/s1. The molecule has 3 rings (SSSR count). The van der Waals surface area contributed by atoms with Gasteiger partial charge in [-0.05, 0) is 49.8 Å². The number of carbonyl (C=O) groups is 2. The van der Waals surface area contributed by atoms with Gasteiger partial charge in [-0.25, -0.2) is 0 Å². The van der Waals surface area contributed by atoms with Crippen molar-refractivity contribution in [1.82, 2.24) is 10.2 Å². The van der Waals surface area contributed by atoms with Crippen LogP contribution in [0.1, 0.15) is 49.9 Å². The number of ether oxygens (including phenoxy) is 2. The van der Waals surface area contributed by atoms with Gasteiger partial charge in [-0.3, -0.25) is 9.59 Å². The molecule has 0 saturated carbocycles. The van der Waals surface area contributed by atoms with E-state index in [1.54, 1.807) is 29.2 Å². The number of nitrogens with one attached hydrogen (secondary N) is 1. The fourth-order valence-corrected chi connectivity index (χ4v) is 3.74. The summed E-state index contributed by atoms with van der Waals surface area (Å²) >= 11 is 0. The zero-order chi connectivity index (χ0) is 20.8. The molecular weight excluding hydrogens is 372 g/mol. The van der Waals surface area contributed by atoms with Gasteiger partial charge in [-0.2, -0.15) is 0 Å². The SMILES string of the molecule is CC(C)CCO[C@H]1CCCNC(=O)c2cccc(c2)OC[C@@H]2C[C@H](O)CN2C1=O. The lowest BCUT2D eigenvalue weighted by atomic mass is 10.1. The molecule has 7 heteroatoms. The Bertz CT molecular complexity index is 708. The van der Waals surface area contributed by atoms with Crippen LogP contribution in [0.2, 0.25) is 0 Å². The number of rotatable bonds is 4. The average molecular weight is 405 g/mol. The predicted molar refractivity (Wildman–Crippen MR) is 109 cm³/mol. The maximum Gasteiger partial charge on any atom is 0.252 e. The Hall–Kier alpha value is -2.12. The first-order chi connectivity index (χ1) is 13.9. The van der Waals surface area contributed by atoms with E-state index >= 15 is 0 Å². The molecule has 1 aromatic carbocycles. The van der Waals surface area contributed by atoms with E-state index in [4.69, 9.17) is 9.47 Å². The summed E-state index contributed by atoms with van der Waals surface area (Å²) in [6.45, 7) is 5.79. The molecule has 2 heterocycles. The monoisotopic (exact) mass is 404 g/mol. The topological polar surface area (TPSA) is 88.1 Å². The van der Waals surface area contributed by atoms with Gasteiger partial charge >= 0.3 is 0 Å². The summed E-state index contributed by atoms with van der Waals surface area (Å²) in [6.07, 6.45) is 1.39. The van der Waals surface area contributed by atoms with Crippen LogP contribution in [0.5, 0.6) is 5.75 Å². The zero-order valence-corrected chi connectivity index (χ0v) is 17.3. The molecule has 2 aliphatic heterocycles. The molecule has 0 aliphatic carbocycles. The van der Waals surface area contributed by atoms with Crippen molar-refractivity contribution < 1.29 is 24.2 Å². The Labute approximate surface area is 172 Å². The van der Waals surface area contributed by atoms with Gasteiger partial charge in [-0.1, -0.05) is 19.9 Å². The van der Waals surface area contributed by atoms with Crippen molar-refractivity contribution in [3.8, 4) is 5.75 Å². The van der Waals surface area contributed by atoms with Gasteiger partial charge in [-0.15, -0.1) is 0 Å². The quantitative estimate of drug-likeness (QED) is 0.801. The Balaban J connectivity index is 1.77. The van der Waals surface area contributed by atoms with Crippen LogP contribution in [0.3, 0.4) is 0 Å². The summed E-state index contributed by atoms with van der Waals surface area (Å²) in [5.41, 5.74) is 0.545. The van der Waals surface area contributed by atoms with Crippen LogP contribution in [0.15, 0.2) is 24.3 Å². The van der Waals surface area contributed by atoms with Crippen LogP contribution in [-0.4, -0.2) is 66.4 Å². The third kappa shape index (κ3) is 5.93. The summed E-state index contributed by atoms with van der Waals surface area (Å²) in [4.78, 5) is 27.3. The number of hydrogen-bond donors (Lipinski definition) is 2. The van der Waals surface area contributed by atoms with E-state index in [-0.39, 0.29) is 24.5 Å². The highest BCUT2D eigenvalue weighted by Crippen LogP contribution is 2.23. The van der Waals surface area contributed by atoms with Crippen molar-refractivity contribution in [2.45, 2.75) is 57.8 Å². The Morgan fingerprint density at radius 2 is 2.17 bits per heavy atom. The van der Waals surface area contributed by atoms with Gasteiger partial charge in [0.1, 0.15) is 18.5 Å². The maximum absolute atomic E-state index is 13.2. The van der Waals surface area contributed by atoms with Crippen LogP contribution < -0.4 is 10.1 Å². The Morgan fingerprint density at radius 3 is 2.97 bits per heavy atom. The molecule has 0 aromatic heterocycles. The second kappa shape index (κ2) is 10.1. The van der Waals surface area contributed by atoms with Gasteiger partial charge in [0.05, 0.1) is 12.1 Å². The molecule has 0 radical (unpaired) electrons. The Morgan fingerprint density at radius 1 is 1.34 bits per heavy atom. The van der Waals surface area contributed by atoms with Crippen LogP contribution in [0, 0.1) is 5.92 Å². The number of carbonyl (C=O) groups excluding carboxylic acids is 2. The highest BCUT2D eigenvalue weighted by molar-refractivity contribution is 5.94. The van der Waals surface area contributed by atoms with E-state index in [0.29, 0.717) is 56.2 Å². The molecule has 2 amide bonds. The van der Waals surface area contributed by atoms with Crippen LogP contribution in [-0.2, 0) is 9.53 Å². The molecule has 160 valence electrons. The first-order valence-electron chi connectivity index (χ1n) is 10.5. The number of amides is 2. The van der Waals surface area contributed by atoms with Gasteiger partial charge in [0, 0.05) is 25.3 Å². The van der Waals surface area contributed by atoms with Crippen molar-refractivity contribution in [2.75, 3.05) is 26.3 Å². The maximum atomic E-state index is 13.2. The molecule has 2 aliphatic rings. The molecule has 29 heavy (non-hydrogen) atoms. The number of nitrogens with zero attached hydrogens (tertiary/aromatic N) is 1. The largest absolute Gasteiger partial charge is 0.491 e. The number of aliphatic hydroxyl groups excluding tert-OH is 1. The summed E-state index contributed by atoms with van der Waals surface area (Å²) in [5, 5.41) is 13.1. The second-order valence-electron chi connectivity index (χ2n) is 8.31. The summed E-state index contributed by atoms with van der Waals surface area (Å²) in [7, 11) is 0. The number of fused-ring (bicyclic) bond motifs is 3. The van der Waals surface area contributed by atoms with E-state index < -0.39 is 12.2 Å². The highest BCUT2D eigenvalue weighted by atomic mass is 16.5. The van der Waals surface area contributed by atoms with E-state index in [1.165, 1.54) is 0 Å². The van der Waals surface area contributed by atoms with Crippen molar-refractivity contribution in [1.29, 1.82) is 0 Å². The number of aliphatic hydroxyl groups is 1. The zero-order valence-electron chi connectivity index (χ0n) is 17.3. The minimum absolute atomic E-state index is 0.101. The average Bonchev–Trinajstić information content (AvgIpc) is 3.07. The van der Waals surface area contributed by atoms with E-state index in [1.807, 2.05) is 0 Å². The van der Waals surface area contributed by atoms with E-state index in [2.05, 4.69) is 19.2 Å². The molecule has 7 nitrogen and oxygen atoms in total. The molecule has 3 atom stereocenters. The fourth-order valence-electron chi connectivity index (χ4n) is 3.74. The lowest BCUT2D eigenvalue weighted by Crippen LogP contribution is -2.46. The molecule has 2 bridgehead atoms. The molecule has 1 aromatic rings. The third-order valence-corrected chi connectivity index (χ3v) is 5.43. The van der Waals surface area contributed by atoms with Crippen LogP contribution in [0.25, 0.3) is 0 Å². The van der Waals surface area contributed by atoms with Crippen molar-refractivity contribution >= 4 is 11.8 Å². The minimum atomic E-state index is -0.570. The number of hydrogen-bond acceptors (Lipinski definition) is 5. The lowest BCUT2D eigenvalue weighted by Gasteiger charge is -2.29. The first kappa shape index (κ1) is 21.6. The highest BCUT2D eigenvalue weighted by Gasteiger charge is 2.38. The van der Waals surface area contributed by atoms with Crippen molar-refractivity contribution in [2.24, 2.45) is 5.92 Å². The predicted octanol–water partition coefficient (Wildman–Crippen LogP) is 1.98. The smallest absolute Gasteiger partial charge is 0.252 e. The molecular formula is C22H32N2O5. The normalized spacial score (nSPS) is 25.9. The summed E-state index contributed by atoms with van der Waals surface area (Å²) < 4.78 is 11.8. The van der Waals surface area contributed by atoms with Crippen LogP contribution >= 0.6 is 0 Å². The van der Waals surface area contributed by atoms with Gasteiger partial charge in [0.25, 0.3) is 11.8 Å². The van der Waals surface area contributed by atoms with E-state index in [9.17, 15) is 14.7 Å². The molecule has 1 saturated heterocycles. The van der Waals surface area contributed by atoms with Gasteiger partial charge in [0.2, 0.25) is 0 Å². The first-order valence-corrected chi connectivity index (χ1v) is 10.5. The number of benzene rings is 1. The van der Waals surface area contributed by atoms with Crippen LogP contribution in [0.4, 0.5) is 0 Å². The molecule has 0 unspecified atom stereocenters. The molecule has 2 N–H and O–H groups in total. The van der Waals surface area contributed by atoms with Gasteiger partial charge < -0.3 is 24.8 Å². The molecule has 0 spiro atoms.